The second-order valence-corrected chi connectivity index (χ2v) is 8.02. The number of nitrogens with one attached hydrogen (secondary N) is 2. The minimum atomic E-state index is 0. The Balaban J connectivity index is 0.00000288. The van der Waals surface area contributed by atoms with E-state index in [1.54, 1.807) is 0 Å². The van der Waals surface area contributed by atoms with Crippen molar-refractivity contribution in [1.82, 2.24) is 20.4 Å². The van der Waals surface area contributed by atoms with Crippen LogP contribution in [0.4, 0.5) is 0 Å². The van der Waals surface area contributed by atoms with Gasteiger partial charge in [0, 0.05) is 38.3 Å². The highest BCUT2D eigenvalue weighted by molar-refractivity contribution is 14.0. The van der Waals surface area contributed by atoms with E-state index in [1.165, 1.54) is 38.9 Å². The zero-order valence-electron chi connectivity index (χ0n) is 16.1. The summed E-state index contributed by atoms with van der Waals surface area (Å²) in [6, 6.07) is 0. The first-order valence-corrected chi connectivity index (χ1v) is 9.48. The third-order valence-electron chi connectivity index (χ3n) is 4.66. The molecule has 0 radical (unpaired) electrons. The molecular formula is C18H38IN5. The Morgan fingerprint density at radius 1 is 1.17 bits per heavy atom. The fraction of sp³-hybridized carbons (Fsp3) is 0.944. The summed E-state index contributed by atoms with van der Waals surface area (Å²) < 4.78 is 0. The van der Waals surface area contributed by atoms with E-state index in [-0.39, 0.29) is 29.5 Å². The zero-order valence-corrected chi connectivity index (χ0v) is 18.4. The number of likely N-dealkylation sites (tertiary alicyclic amines) is 2. The molecule has 6 heteroatoms. The molecule has 0 amide bonds. The smallest absolute Gasteiger partial charge is 0.193 e. The second-order valence-electron chi connectivity index (χ2n) is 8.02. The predicted molar refractivity (Wildman–Crippen MR) is 115 cm³/mol. The topological polar surface area (TPSA) is 42.9 Å². The molecule has 0 aromatic heterocycles. The third kappa shape index (κ3) is 7.87. The highest BCUT2D eigenvalue weighted by Gasteiger charge is 2.27. The van der Waals surface area contributed by atoms with Crippen LogP contribution in [0.3, 0.4) is 0 Å². The molecule has 0 spiro atoms. The van der Waals surface area contributed by atoms with Crippen LogP contribution in [0.25, 0.3) is 0 Å². The van der Waals surface area contributed by atoms with Crippen LogP contribution in [0.1, 0.15) is 47.0 Å². The molecule has 0 aromatic carbocycles. The maximum atomic E-state index is 4.82. The van der Waals surface area contributed by atoms with Gasteiger partial charge in [0.25, 0.3) is 0 Å². The maximum absolute atomic E-state index is 4.82. The fourth-order valence-electron chi connectivity index (χ4n) is 3.52. The third-order valence-corrected chi connectivity index (χ3v) is 4.66. The lowest BCUT2D eigenvalue weighted by molar-refractivity contribution is 0.281. The van der Waals surface area contributed by atoms with E-state index in [0.717, 1.165) is 44.6 Å². The summed E-state index contributed by atoms with van der Waals surface area (Å²) in [4.78, 5) is 9.92. The molecule has 1 atom stereocenters. The summed E-state index contributed by atoms with van der Waals surface area (Å²) in [7, 11) is 0. The number of hydrogen-bond acceptors (Lipinski definition) is 3. The summed E-state index contributed by atoms with van der Waals surface area (Å²) in [5.41, 5.74) is 0.169. The Labute approximate surface area is 166 Å². The Hall–Kier alpha value is -0.0800. The number of halogens is 1. The molecule has 5 nitrogen and oxygen atoms in total. The molecule has 24 heavy (non-hydrogen) atoms. The standard InChI is InChI=1S/C18H37N5.HI/c1-5-19-17(20-9-10-21-18(2,3)4)23-13-8-16(15-23)14-22-11-6-7-12-22;/h16,21H,5-15H2,1-4H3,(H,19,20);1H. The molecule has 2 aliphatic rings. The average Bonchev–Trinajstić information content (AvgIpc) is 3.13. The van der Waals surface area contributed by atoms with E-state index in [4.69, 9.17) is 4.99 Å². The Kier molecular flexibility index (Phi) is 9.89. The maximum Gasteiger partial charge on any atom is 0.193 e. The van der Waals surface area contributed by atoms with Gasteiger partial charge in [-0.25, -0.2) is 0 Å². The normalized spacial score (nSPS) is 22.8. The molecule has 1 unspecified atom stereocenters. The summed E-state index contributed by atoms with van der Waals surface area (Å²) in [5.74, 6) is 1.91. The first-order chi connectivity index (χ1) is 11.0. The van der Waals surface area contributed by atoms with Gasteiger partial charge in [0.05, 0.1) is 6.54 Å². The van der Waals surface area contributed by atoms with Gasteiger partial charge in [0.2, 0.25) is 0 Å². The van der Waals surface area contributed by atoms with E-state index in [9.17, 15) is 0 Å². The Morgan fingerprint density at radius 3 is 2.50 bits per heavy atom. The molecule has 142 valence electrons. The van der Waals surface area contributed by atoms with Crippen LogP contribution < -0.4 is 10.6 Å². The van der Waals surface area contributed by atoms with Gasteiger partial charge in [-0.3, -0.25) is 4.99 Å². The monoisotopic (exact) mass is 451 g/mol. The van der Waals surface area contributed by atoms with Gasteiger partial charge in [0.1, 0.15) is 0 Å². The molecular weight excluding hydrogens is 413 g/mol. The van der Waals surface area contributed by atoms with Crippen molar-refractivity contribution in [3.63, 3.8) is 0 Å². The van der Waals surface area contributed by atoms with Crippen molar-refractivity contribution < 1.29 is 0 Å². The van der Waals surface area contributed by atoms with Gasteiger partial charge in [-0.2, -0.15) is 0 Å². The van der Waals surface area contributed by atoms with Crippen LogP contribution >= 0.6 is 24.0 Å². The van der Waals surface area contributed by atoms with Crippen LogP contribution in [0.5, 0.6) is 0 Å². The van der Waals surface area contributed by atoms with Crippen molar-refractivity contribution in [1.29, 1.82) is 0 Å². The summed E-state index contributed by atoms with van der Waals surface area (Å²) in [5, 5.41) is 6.98. The number of hydrogen-bond donors (Lipinski definition) is 2. The molecule has 0 aromatic rings. The molecule has 0 saturated carbocycles. The van der Waals surface area contributed by atoms with Crippen LogP contribution in [0.15, 0.2) is 4.99 Å². The van der Waals surface area contributed by atoms with Crippen molar-refractivity contribution in [2.75, 3.05) is 52.4 Å². The molecule has 0 aliphatic carbocycles. The molecule has 2 fully saturated rings. The van der Waals surface area contributed by atoms with Crippen molar-refractivity contribution in [2.24, 2.45) is 10.9 Å². The van der Waals surface area contributed by atoms with Crippen LogP contribution in [0.2, 0.25) is 0 Å². The van der Waals surface area contributed by atoms with Crippen molar-refractivity contribution >= 4 is 29.9 Å². The predicted octanol–water partition coefficient (Wildman–Crippen LogP) is 2.38. The van der Waals surface area contributed by atoms with Crippen LogP contribution in [0, 0.1) is 5.92 Å². The van der Waals surface area contributed by atoms with Crippen LogP contribution in [-0.4, -0.2) is 73.7 Å². The molecule has 2 aliphatic heterocycles. The second kappa shape index (κ2) is 10.8. The van der Waals surface area contributed by atoms with Gasteiger partial charge in [0.15, 0.2) is 5.96 Å². The molecule has 2 heterocycles. The number of rotatable bonds is 6. The minimum absolute atomic E-state index is 0. The molecule has 2 saturated heterocycles. The van der Waals surface area contributed by atoms with Gasteiger partial charge in [-0.15, -0.1) is 24.0 Å². The van der Waals surface area contributed by atoms with E-state index in [0.29, 0.717) is 0 Å². The summed E-state index contributed by atoms with van der Waals surface area (Å²) in [6.45, 7) is 17.7. The van der Waals surface area contributed by atoms with Crippen LogP contribution in [-0.2, 0) is 0 Å². The molecule has 0 bridgehead atoms. The fourth-order valence-corrected chi connectivity index (χ4v) is 3.52. The lowest BCUT2D eigenvalue weighted by Gasteiger charge is -2.24. The van der Waals surface area contributed by atoms with E-state index >= 15 is 0 Å². The van der Waals surface area contributed by atoms with E-state index in [2.05, 4.69) is 48.1 Å². The average molecular weight is 451 g/mol. The highest BCUT2D eigenvalue weighted by atomic mass is 127. The van der Waals surface area contributed by atoms with Crippen molar-refractivity contribution in [3.05, 3.63) is 0 Å². The number of nitrogens with zero attached hydrogens (tertiary/aromatic N) is 3. The van der Waals surface area contributed by atoms with Gasteiger partial charge >= 0.3 is 0 Å². The van der Waals surface area contributed by atoms with Gasteiger partial charge in [-0.1, -0.05) is 0 Å². The Morgan fingerprint density at radius 2 is 1.88 bits per heavy atom. The first kappa shape index (κ1) is 22.0. The van der Waals surface area contributed by atoms with Gasteiger partial charge < -0.3 is 20.4 Å². The lowest BCUT2D eigenvalue weighted by atomic mass is 10.1. The quantitative estimate of drug-likeness (QED) is 0.282. The van der Waals surface area contributed by atoms with E-state index < -0.39 is 0 Å². The lowest BCUT2D eigenvalue weighted by Crippen LogP contribution is -2.42. The van der Waals surface area contributed by atoms with Crippen molar-refractivity contribution in [3.8, 4) is 0 Å². The number of guanidine groups is 1. The van der Waals surface area contributed by atoms with Crippen molar-refractivity contribution in [2.45, 2.75) is 52.5 Å². The molecule has 2 N–H and O–H groups in total. The van der Waals surface area contributed by atoms with Gasteiger partial charge in [-0.05, 0) is 66.0 Å². The largest absolute Gasteiger partial charge is 0.357 e. The summed E-state index contributed by atoms with van der Waals surface area (Å²) >= 11 is 0. The zero-order chi connectivity index (χ0) is 16.7. The summed E-state index contributed by atoms with van der Waals surface area (Å²) in [6.07, 6.45) is 4.09. The Bertz CT molecular complexity index is 374. The molecule has 2 rings (SSSR count). The van der Waals surface area contributed by atoms with E-state index in [1.807, 2.05) is 0 Å². The minimum Gasteiger partial charge on any atom is -0.357 e. The highest BCUT2D eigenvalue weighted by Crippen LogP contribution is 2.19. The SMILES string of the molecule is CCNC(=NCCNC(C)(C)C)N1CCC(CN2CCCC2)C1.I. The number of aliphatic imine (C=N–C) groups is 1. The first-order valence-electron chi connectivity index (χ1n) is 9.48.